The van der Waals surface area contributed by atoms with E-state index in [9.17, 15) is 0 Å². The van der Waals surface area contributed by atoms with Gasteiger partial charge in [-0.2, -0.15) is 0 Å². The first-order valence-corrected chi connectivity index (χ1v) is 16.2. The van der Waals surface area contributed by atoms with Crippen molar-refractivity contribution in [2.45, 2.75) is 0 Å². The van der Waals surface area contributed by atoms with Crippen molar-refractivity contribution in [2.75, 3.05) is 18.8 Å². The summed E-state index contributed by atoms with van der Waals surface area (Å²) < 4.78 is 0. The van der Waals surface area contributed by atoms with Crippen LogP contribution in [0.3, 0.4) is 0 Å². The maximum absolute atomic E-state index is 5.01. The first kappa shape index (κ1) is 12.5. The first-order chi connectivity index (χ1) is 3.46. The predicted molar refractivity (Wildman–Crippen MR) is 42.7 cm³/mol. The van der Waals surface area contributed by atoms with Crippen molar-refractivity contribution in [3.05, 3.63) is 0 Å². The molecule has 0 radical (unpaired) electrons. The summed E-state index contributed by atoms with van der Waals surface area (Å²) in [4.78, 5) is 0. The van der Waals surface area contributed by atoms with E-state index >= 15 is 0 Å². The van der Waals surface area contributed by atoms with Crippen molar-refractivity contribution in [2.24, 2.45) is 0 Å². The van der Waals surface area contributed by atoms with Crippen molar-refractivity contribution >= 4 is 40.0 Å². The Balaban J connectivity index is 0. The normalized spacial score (nSPS) is 7.88. The zero-order chi connectivity index (χ0) is 7.15. The van der Waals surface area contributed by atoms with Gasteiger partial charge in [0.2, 0.25) is 0 Å². The van der Waals surface area contributed by atoms with E-state index in [1.54, 1.807) is 0 Å². The van der Waals surface area contributed by atoms with Gasteiger partial charge in [0.15, 0.2) is 0 Å². The summed E-state index contributed by atoms with van der Waals surface area (Å²) in [6.45, 7) is 0. The van der Waals surface area contributed by atoms with Gasteiger partial charge in [-0.15, -0.1) is 0 Å². The molecular weight excluding hydrogens is 240 g/mol. The van der Waals surface area contributed by atoms with E-state index < -0.39 is 13.0 Å². The predicted octanol–water partition coefficient (Wildman–Crippen LogP) is 2.56. The van der Waals surface area contributed by atoms with Gasteiger partial charge in [0.25, 0.3) is 0 Å². The van der Waals surface area contributed by atoms with E-state index in [1.165, 1.54) is 0 Å². The molecule has 0 bridgehead atoms. The number of hydrogen-bond acceptors (Lipinski definition) is 0. The number of rotatable bonds is 0. The molecule has 0 spiro atoms. The van der Waals surface area contributed by atoms with Gasteiger partial charge in [0, 0.05) is 0 Å². The summed E-state index contributed by atoms with van der Waals surface area (Å²) >= 11 is -2.21. The quantitative estimate of drug-likeness (QED) is 0.457. The molecule has 0 aromatic carbocycles. The molecule has 0 heterocycles. The minimum atomic E-state index is -2.21. The van der Waals surface area contributed by atoms with Crippen molar-refractivity contribution < 1.29 is 13.0 Å². The zero-order valence-corrected chi connectivity index (χ0v) is 11.3. The van der Waals surface area contributed by atoms with Crippen LogP contribution in [0.25, 0.3) is 0 Å². The summed E-state index contributed by atoms with van der Waals surface area (Å²) in [5.74, 6) is 0. The van der Waals surface area contributed by atoms with Gasteiger partial charge >= 0.3 is 42.1 Å². The third kappa shape index (κ3) is 108. The second-order valence-electron chi connectivity index (χ2n) is 1.53. The van der Waals surface area contributed by atoms with E-state index in [4.69, 9.17) is 29.1 Å². The van der Waals surface area contributed by atoms with E-state index in [2.05, 4.69) is 18.8 Å². The van der Waals surface area contributed by atoms with Crippen LogP contribution in [0.5, 0.6) is 0 Å². The molecule has 0 saturated carbocycles. The van der Waals surface area contributed by atoms with Crippen molar-refractivity contribution in [1.82, 2.24) is 0 Å². The fraction of sp³-hybridized carbons (Fsp3) is 1.00. The van der Waals surface area contributed by atoms with Gasteiger partial charge in [0.1, 0.15) is 0 Å². The van der Waals surface area contributed by atoms with Gasteiger partial charge in [-0.1, -0.05) is 0 Å². The Morgan fingerprint density at radius 3 is 1.00 bits per heavy atom. The van der Waals surface area contributed by atoms with Gasteiger partial charge in [-0.25, -0.2) is 0 Å². The first-order valence-electron chi connectivity index (χ1n) is 2.03. The molecule has 0 atom stereocenters. The van der Waals surface area contributed by atoms with Crippen LogP contribution < -0.4 is 0 Å². The van der Waals surface area contributed by atoms with Crippen LogP contribution in [-0.4, -0.2) is 18.8 Å². The Labute approximate surface area is 71.3 Å². The van der Waals surface area contributed by atoms with Gasteiger partial charge in [0.05, 0.1) is 18.8 Å². The van der Waals surface area contributed by atoms with Crippen LogP contribution >= 0.6 is 29.1 Å². The molecule has 50 valence electrons. The zero-order valence-electron chi connectivity index (χ0n) is 5.25. The van der Waals surface area contributed by atoms with Gasteiger partial charge in [-0.05, 0) is 10.9 Å². The van der Waals surface area contributed by atoms with Gasteiger partial charge < -0.3 is 0 Å². The maximum atomic E-state index is 5.01. The Kier molecular flexibility index (Phi) is 13.8. The van der Waals surface area contributed by atoms with Crippen LogP contribution in [0.1, 0.15) is 0 Å². The van der Waals surface area contributed by atoms with Crippen LogP contribution in [0.2, 0.25) is 0 Å². The second kappa shape index (κ2) is 8.84. The van der Waals surface area contributed by atoms with E-state index in [0.717, 1.165) is 0 Å². The molecule has 0 N–H and O–H groups in total. The third-order valence-electron chi connectivity index (χ3n) is 0. The minimum absolute atomic E-state index is 0.639. The fourth-order valence-electron chi connectivity index (χ4n) is 0. The molecule has 0 aromatic heterocycles. The summed E-state index contributed by atoms with van der Waals surface area (Å²) in [7, 11) is 15.7. The average molecular weight is 249 g/mol. The third-order valence-corrected chi connectivity index (χ3v) is 0. The van der Waals surface area contributed by atoms with Crippen molar-refractivity contribution in [3.63, 3.8) is 0 Å². The number of hydrogen-bond donors (Lipinski definition) is 0. The standard InChI is InChI=1S/C3H9S.3ClH.Zn/c1-4(2)3;;;;/h1-3H3;3*1H;/q+1;;;;+2/p-3. The number of halogens is 3. The molecule has 0 fully saturated rings. The van der Waals surface area contributed by atoms with E-state index in [-0.39, 0.29) is 0 Å². The van der Waals surface area contributed by atoms with Gasteiger partial charge in [-0.3, -0.25) is 0 Å². The molecule has 0 aliphatic heterocycles. The summed E-state index contributed by atoms with van der Waals surface area (Å²) in [5, 5.41) is 0. The van der Waals surface area contributed by atoms with Crippen LogP contribution in [0.15, 0.2) is 0 Å². The molecule has 0 saturated heterocycles. The van der Waals surface area contributed by atoms with E-state index in [1.807, 2.05) is 0 Å². The summed E-state index contributed by atoms with van der Waals surface area (Å²) in [6, 6.07) is 0. The Morgan fingerprint density at radius 1 is 1.00 bits per heavy atom. The molecule has 0 nitrogen and oxygen atoms in total. The summed E-state index contributed by atoms with van der Waals surface area (Å²) in [6.07, 6.45) is 6.58. The van der Waals surface area contributed by atoms with Crippen LogP contribution in [0.4, 0.5) is 0 Å². The molecule has 0 unspecified atom stereocenters. The SMILES string of the molecule is C[S+](C)C.[Cl][Zn-]([Cl])[Cl]. The molecule has 0 rings (SSSR count). The molecule has 0 aliphatic rings. The molecule has 0 aromatic rings. The summed E-state index contributed by atoms with van der Waals surface area (Å²) in [5.41, 5.74) is 0. The average Bonchev–Trinajstić information content (AvgIpc) is 1.25. The molecule has 8 heavy (non-hydrogen) atoms. The van der Waals surface area contributed by atoms with E-state index in [0.29, 0.717) is 10.9 Å². The molecule has 0 aliphatic carbocycles. The van der Waals surface area contributed by atoms with Crippen LogP contribution in [0, 0.1) is 0 Å². The Morgan fingerprint density at radius 2 is 1.00 bits per heavy atom. The molecular formula is C3H9Cl3SZn. The van der Waals surface area contributed by atoms with Crippen LogP contribution in [-0.2, 0) is 23.9 Å². The Hall–Kier alpha value is 1.84. The fourth-order valence-corrected chi connectivity index (χ4v) is 0. The van der Waals surface area contributed by atoms with Crippen molar-refractivity contribution in [1.29, 1.82) is 0 Å². The second-order valence-corrected chi connectivity index (χ2v) is 17.8. The molecule has 5 heteroatoms. The topological polar surface area (TPSA) is 0 Å². The Bertz CT molecular complexity index is 30.0. The molecule has 0 amide bonds. The van der Waals surface area contributed by atoms with Crippen molar-refractivity contribution in [3.8, 4) is 0 Å². The monoisotopic (exact) mass is 246 g/mol.